The van der Waals surface area contributed by atoms with Gasteiger partial charge in [0.1, 0.15) is 11.5 Å². The van der Waals surface area contributed by atoms with Gasteiger partial charge in [-0.1, -0.05) is 31.4 Å². The second-order valence-corrected chi connectivity index (χ2v) is 2.87. The molecule has 13 heavy (non-hydrogen) atoms. The van der Waals surface area contributed by atoms with Crippen LogP contribution in [0.5, 0.6) is 5.75 Å². The third kappa shape index (κ3) is 1.29. The van der Waals surface area contributed by atoms with Crippen molar-refractivity contribution in [2.24, 2.45) is 0 Å². The molecule has 1 heterocycles. The average Bonchev–Trinajstić information content (AvgIpc) is 2.18. The zero-order valence-electron chi connectivity index (χ0n) is 7.29. The number of benzene rings is 1. The normalized spacial score (nSPS) is 14.2. The highest BCUT2D eigenvalue weighted by molar-refractivity contribution is 5.78. The molecule has 0 bridgehead atoms. The summed E-state index contributed by atoms with van der Waals surface area (Å²) in [6, 6.07) is 7.84. The van der Waals surface area contributed by atoms with E-state index in [-0.39, 0.29) is 0 Å². The second-order valence-electron chi connectivity index (χ2n) is 2.87. The molecule has 0 unspecified atom stereocenters. The predicted molar refractivity (Wildman–Crippen MR) is 54.4 cm³/mol. The summed E-state index contributed by atoms with van der Waals surface area (Å²) < 4.78 is 5.53. The monoisotopic (exact) mass is 170 g/mol. The van der Waals surface area contributed by atoms with Gasteiger partial charge in [-0.25, -0.2) is 0 Å². The largest absolute Gasteiger partial charge is 0.457 e. The number of ether oxygens (including phenoxy) is 1. The Morgan fingerprint density at radius 1 is 1.23 bits per heavy atom. The lowest BCUT2D eigenvalue weighted by Gasteiger charge is -2.17. The van der Waals surface area contributed by atoms with Crippen LogP contribution >= 0.6 is 0 Å². The highest BCUT2D eigenvalue weighted by atomic mass is 16.5. The quantitative estimate of drug-likeness (QED) is 0.629. The van der Waals surface area contributed by atoms with Gasteiger partial charge in [-0.15, -0.1) is 0 Å². The number of rotatable bonds is 1. The molecule has 0 aliphatic carbocycles. The second kappa shape index (κ2) is 2.94. The molecular weight excluding hydrogens is 160 g/mol. The van der Waals surface area contributed by atoms with Gasteiger partial charge >= 0.3 is 0 Å². The van der Waals surface area contributed by atoms with Gasteiger partial charge in [0.15, 0.2) is 0 Å². The average molecular weight is 170 g/mol. The van der Waals surface area contributed by atoms with Crippen molar-refractivity contribution in [1.82, 2.24) is 0 Å². The fraction of sp³-hybridized carbons (Fsp3) is 0. The molecule has 0 N–H and O–H groups in total. The molecule has 1 heteroatoms. The Balaban J connectivity index is 2.51. The first-order valence-electron chi connectivity index (χ1n) is 4.11. The van der Waals surface area contributed by atoms with E-state index >= 15 is 0 Å². The predicted octanol–water partition coefficient (Wildman–Crippen LogP) is 3.16. The topological polar surface area (TPSA) is 9.23 Å². The van der Waals surface area contributed by atoms with Gasteiger partial charge in [0.25, 0.3) is 0 Å². The Bertz CT molecular complexity index is 399. The minimum atomic E-state index is 0.753. The van der Waals surface area contributed by atoms with E-state index in [0.29, 0.717) is 0 Å². The first kappa shape index (κ1) is 7.87. The molecule has 0 amide bonds. The molecule has 0 aromatic heterocycles. The molecule has 0 radical (unpaired) electrons. The lowest BCUT2D eigenvalue weighted by atomic mass is 10.0. The molecule has 1 aromatic carbocycles. The standard InChI is InChI=1S/C12H10O/c1-3-10-8-9(2)11-6-4-5-7-12(11)13-10/h3-8H,1-2H2. The Labute approximate surface area is 77.7 Å². The zero-order chi connectivity index (χ0) is 9.26. The van der Waals surface area contributed by atoms with Crippen molar-refractivity contribution in [1.29, 1.82) is 0 Å². The first-order valence-corrected chi connectivity index (χ1v) is 4.11. The molecular formula is C12H10O. The summed E-state index contributed by atoms with van der Waals surface area (Å²) in [6.07, 6.45) is 3.57. The molecule has 1 aliphatic heterocycles. The molecule has 2 rings (SSSR count). The Morgan fingerprint density at radius 2 is 2.00 bits per heavy atom. The molecule has 0 fully saturated rings. The van der Waals surface area contributed by atoms with E-state index in [4.69, 9.17) is 4.74 Å². The SMILES string of the molecule is C=CC1=CC(=C)c2ccccc2O1. The summed E-state index contributed by atoms with van der Waals surface area (Å²) >= 11 is 0. The molecule has 0 atom stereocenters. The summed E-state index contributed by atoms with van der Waals surface area (Å²) in [5.74, 6) is 1.61. The lowest BCUT2D eigenvalue weighted by Crippen LogP contribution is -2.00. The molecule has 0 saturated carbocycles. The fourth-order valence-corrected chi connectivity index (χ4v) is 1.33. The molecule has 1 nitrogen and oxygen atoms in total. The van der Waals surface area contributed by atoms with Crippen LogP contribution in [0, 0.1) is 0 Å². The van der Waals surface area contributed by atoms with Crippen LogP contribution in [0.4, 0.5) is 0 Å². The van der Waals surface area contributed by atoms with E-state index in [1.807, 2.05) is 30.3 Å². The number of allylic oxidation sites excluding steroid dienone is 3. The maximum Gasteiger partial charge on any atom is 0.135 e. The molecule has 0 saturated heterocycles. The summed E-state index contributed by atoms with van der Waals surface area (Å²) in [6.45, 7) is 7.61. The number of para-hydroxylation sites is 1. The highest BCUT2D eigenvalue weighted by Gasteiger charge is 2.11. The van der Waals surface area contributed by atoms with Gasteiger partial charge in [0.05, 0.1) is 0 Å². The van der Waals surface area contributed by atoms with Gasteiger partial charge in [-0.3, -0.25) is 0 Å². The minimum Gasteiger partial charge on any atom is -0.457 e. The minimum absolute atomic E-state index is 0.753. The third-order valence-corrected chi connectivity index (χ3v) is 1.98. The van der Waals surface area contributed by atoms with E-state index in [1.165, 1.54) is 0 Å². The van der Waals surface area contributed by atoms with Gasteiger partial charge in [0.2, 0.25) is 0 Å². The van der Waals surface area contributed by atoms with Crippen LogP contribution < -0.4 is 4.74 Å². The van der Waals surface area contributed by atoms with Crippen molar-refractivity contribution in [3.8, 4) is 5.75 Å². The van der Waals surface area contributed by atoms with Crippen molar-refractivity contribution < 1.29 is 4.74 Å². The summed E-state index contributed by atoms with van der Waals surface area (Å²) in [4.78, 5) is 0. The lowest BCUT2D eigenvalue weighted by molar-refractivity contribution is 0.439. The number of fused-ring (bicyclic) bond motifs is 1. The van der Waals surface area contributed by atoms with Crippen molar-refractivity contribution >= 4 is 5.57 Å². The molecule has 0 spiro atoms. The Kier molecular flexibility index (Phi) is 1.78. The first-order chi connectivity index (χ1) is 6.31. The van der Waals surface area contributed by atoms with Crippen molar-refractivity contribution in [3.63, 3.8) is 0 Å². The zero-order valence-corrected chi connectivity index (χ0v) is 7.29. The molecule has 64 valence electrons. The van der Waals surface area contributed by atoms with Crippen LogP contribution in [0.15, 0.2) is 55.3 Å². The van der Waals surface area contributed by atoms with Gasteiger partial charge in [-0.05, 0) is 23.8 Å². The highest BCUT2D eigenvalue weighted by Crippen LogP contribution is 2.32. The van der Waals surface area contributed by atoms with Crippen molar-refractivity contribution in [2.45, 2.75) is 0 Å². The molecule has 1 aromatic rings. The Morgan fingerprint density at radius 3 is 2.77 bits per heavy atom. The van der Waals surface area contributed by atoms with Crippen LogP contribution in [0.25, 0.3) is 5.57 Å². The Hall–Kier alpha value is -1.76. The third-order valence-electron chi connectivity index (χ3n) is 1.98. The van der Waals surface area contributed by atoms with Crippen LogP contribution in [-0.4, -0.2) is 0 Å². The summed E-state index contributed by atoms with van der Waals surface area (Å²) in [5, 5.41) is 0. The van der Waals surface area contributed by atoms with Gasteiger partial charge in [0, 0.05) is 5.56 Å². The maximum atomic E-state index is 5.53. The van der Waals surface area contributed by atoms with E-state index in [9.17, 15) is 0 Å². The van der Waals surface area contributed by atoms with E-state index in [0.717, 1.165) is 22.6 Å². The number of hydrogen-bond donors (Lipinski definition) is 0. The number of hydrogen-bond acceptors (Lipinski definition) is 1. The van der Waals surface area contributed by atoms with Gasteiger partial charge in [-0.2, -0.15) is 0 Å². The van der Waals surface area contributed by atoms with Gasteiger partial charge < -0.3 is 4.74 Å². The van der Waals surface area contributed by atoms with E-state index in [2.05, 4.69) is 13.2 Å². The van der Waals surface area contributed by atoms with Crippen LogP contribution in [0.2, 0.25) is 0 Å². The van der Waals surface area contributed by atoms with Crippen molar-refractivity contribution in [2.75, 3.05) is 0 Å². The smallest absolute Gasteiger partial charge is 0.135 e. The fourth-order valence-electron chi connectivity index (χ4n) is 1.33. The van der Waals surface area contributed by atoms with Crippen molar-refractivity contribution in [3.05, 3.63) is 60.9 Å². The van der Waals surface area contributed by atoms with Crippen LogP contribution in [0.3, 0.4) is 0 Å². The van der Waals surface area contributed by atoms with Crippen LogP contribution in [0.1, 0.15) is 5.56 Å². The maximum absolute atomic E-state index is 5.53. The van der Waals surface area contributed by atoms with E-state index in [1.54, 1.807) is 6.08 Å². The summed E-state index contributed by atoms with van der Waals surface area (Å²) in [5.41, 5.74) is 2.02. The molecule has 1 aliphatic rings. The van der Waals surface area contributed by atoms with Crippen LogP contribution in [-0.2, 0) is 0 Å². The summed E-state index contributed by atoms with van der Waals surface area (Å²) in [7, 11) is 0. The van der Waals surface area contributed by atoms with E-state index < -0.39 is 0 Å².